The van der Waals surface area contributed by atoms with Gasteiger partial charge in [-0.05, 0) is 36.8 Å². The Balaban J connectivity index is 2.09. The van der Waals surface area contributed by atoms with E-state index in [1.54, 1.807) is 12.4 Å². The van der Waals surface area contributed by atoms with Gasteiger partial charge in [0.1, 0.15) is 0 Å². The first-order chi connectivity index (χ1) is 8.13. The lowest BCUT2D eigenvalue weighted by molar-refractivity contribution is 0.218. The maximum absolute atomic E-state index is 6.55. The van der Waals surface area contributed by atoms with Crippen molar-refractivity contribution in [2.24, 2.45) is 11.7 Å². The van der Waals surface area contributed by atoms with Gasteiger partial charge in [-0.25, -0.2) is 0 Å². The van der Waals surface area contributed by atoms with Crippen LogP contribution in [0.2, 0.25) is 5.02 Å². The van der Waals surface area contributed by atoms with Crippen LogP contribution in [0.25, 0.3) is 0 Å². The van der Waals surface area contributed by atoms with Crippen molar-refractivity contribution < 1.29 is 0 Å². The van der Waals surface area contributed by atoms with Crippen molar-refractivity contribution >= 4 is 11.6 Å². The second-order valence-corrected chi connectivity index (χ2v) is 5.78. The first-order valence-corrected chi connectivity index (χ1v) is 6.88. The molecule has 1 aliphatic rings. The van der Waals surface area contributed by atoms with Gasteiger partial charge < -0.3 is 5.73 Å². The van der Waals surface area contributed by atoms with Gasteiger partial charge in [0.05, 0.1) is 5.02 Å². The van der Waals surface area contributed by atoms with E-state index in [4.69, 9.17) is 17.3 Å². The van der Waals surface area contributed by atoms with Crippen LogP contribution in [-0.2, 0) is 6.42 Å². The van der Waals surface area contributed by atoms with Gasteiger partial charge in [0, 0.05) is 17.9 Å². The van der Waals surface area contributed by atoms with E-state index < -0.39 is 0 Å². The molecular formula is C14H21ClN2. The fraction of sp³-hybridized carbons (Fsp3) is 0.643. The number of pyridine rings is 1. The van der Waals surface area contributed by atoms with E-state index in [-0.39, 0.29) is 5.54 Å². The Morgan fingerprint density at radius 2 is 2.41 bits per heavy atom. The predicted molar refractivity (Wildman–Crippen MR) is 72.1 cm³/mol. The zero-order valence-electron chi connectivity index (χ0n) is 10.5. The normalized spacial score (nSPS) is 29.2. The highest BCUT2D eigenvalue weighted by atomic mass is 35.5. The van der Waals surface area contributed by atoms with Crippen molar-refractivity contribution in [3.05, 3.63) is 29.0 Å². The number of hydrogen-bond donors (Lipinski definition) is 1. The molecule has 1 aromatic rings. The van der Waals surface area contributed by atoms with E-state index in [0.717, 1.165) is 35.8 Å². The largest absolute Gasteiger partial charge is 0.325 e. The Morgan fingerprint density at radius 3 is 3.12 bits per heavy atom. The van der Waals surface area contributed by atoms with E-state index >= 15 is 0 Å². The molecule has 0 aromatic carbocycles. The smallest absolute Gasteiger partial charge is 0.0621 e. The van der Waals surface area contributed by atoms with Gasteiger partial charge >= 0.3 is 0 Å². The first kappa shape index (κ1) is 12.8. The summed E-state index contributed by atoms with van der Waals surface area (Å²) in [6.45, 7) is 2.26. The minimum absolute atomic E-state index is 0.0656. The summed E-state index contributed by atoms with van der Waals surface area (Å²) in [6, 6.07) is 1.99. The number of aromatic nitrogens is 1. The van der Waals surface area contributed by atoms with Crippen molar-refractivity contribution in [2.75, 3.05) is 0 Å². The molecule has 0 saturated heterocycles. The maximum Gasteiger partial charge on any atom is 0.0621 e. The zero-order valence-corrected chi connectivity index (χ0v) is 11.2. The highest BCUT2D eigenvalue weighted by molar-refractivity contribution is 6.31. The third-order valence-electron chi connectivity index (χ3n) is 3.96. The third kappa shape index (κ3) is 3.20. The molecule has 0 amide bonds. The van der Waals surface area contributed by atoms with Crippen molar-refractivity contribution in [1.29, 1.82) is 0 Å². The molecule has 17 heavy (non-hydrogen) atoms. The summed E-state index contributed by atoms with van der Waals surface area (Å²) >= 11 is 6.16. The lowest BCUT2D eigenvalue weighted by atomic mass is 9.72. The second kappa shape index (κ2) is 5.36. The van der Waals surface area contributed by atoms with Gasteiger partial charge in [0.2, 0.25) is 0 Å². The van der Waals surface area contributed by atoms with Gasteiger partial charge in [-0.1, -0.05) is 37.8 Å². The van der Waals surface area contributed by atoms with Crippen LogP contribution in [0, 0.1) is 5.92 Å². The summed E-state index contributed by atoms with van der Waals surface area (Å²) in [6.07, 6.45) is 10.4. The predicted octanol–water partition coefficient (Wildman–Crippen LogP) is 3.58. The van der Waals surface area contributed by atoms with Crippen LogP contribution in [0.5, 0.6) is 0 Å². The number of nitrogens with zero attached hydrogens (tertiary/aromatic N) is 1. The van der Waals surface area contributed by atoms with Crippen LogP contribution in [0.4, 0.5) is 0 Å². The average Bonchev–Trinajstić information content (AvgIpc) is 2.32. The van der Waals surface area contributed by atoms with Gasteiger partial charge in [-0.3, -0.25) is 4.98 Å². The molecule has 2 nitrogen and oxygen atoms in total. The van der Waals surface area contributed by atoms with Crippen molar-refractivity contribution in [3.8, 4) is 0 Å². The lowest BCUT2D eigenvalue weighted by Gasteiger charge is -2.38. The Hall–Kier alpha value is -0.600. The molecular weight excluding hydrogens is 232 g/mol. The van der Waals surface area contributed by atoms with Crippen LogP contribution in [-0.4, -0.2) is 10.5 Å². The molecule has 1 fully saturated rings. The summed E-state index contributed by atoms with van der Waals surface area (Å²) in [4.78, 5) is 4.02. The van der Waals surface area contributed by atoms with E-state index in [1.807, 2.05) is 6.07 Å². The van der Waals surface area contributed by atoms with Crippen LogP contribution in [0.1, 0.15) is 44.6 Å². The summed E-state index contributed by atoms with van der Waals surface area (Å²) in [5.41, 5.74) is 7.62. The first-order valence-electron chi connectivity index (χ1n) is 6.50. The molecule has 1 saturated carbocycles. The van der Waals surface area contributed by atoms with E-state index in [2.05, 4.69) is 11.9 Å². The summed E-state index contributed by atoms with van der Waals surface area (Å²) < 4.78 is 0. The molecule has 1 aliphatic carbocycles. The molecule has 2 N–H and O–H groups in total. The van der Waals surface area contributed by atoms with Crippen LogP contribution in [0.15, 0.2) is 18.5 Å². The highest BCUT2D eigenvalue weighted by Crippen LogP contribution is 2.35. The minimum Gasteiger partial charge on any atom is -0.325 e. The lowest BCUT2D eigenvalue weighted by Crippen LogP contribution is -2.46. The molecule has 1 aromatic heterocycles. The fourth-order valence-corrected chi connectivity index (χ4v) is 3.14. The Morgan fingerprint density at radius 1 is 1.59 bits per heavy atom. The van der Waals surface area contributed by atoms with Crippen molar-refractivity contribution in [1.82, 2.24) is 4.98 Å². The number of nitrogens with two attached hydrogens (primary N) is 1. The minimum atomic E-state index is -0.0656. The molecule has 94 valence electrons. The monoisotopic (exact) mass is 252 g/mol. The molecule has 0 radical (unpaired) electrons. The van der Waals surface area contributed by atoms with Crippen LogP contribution in [0.3, 0.4) is 0 Å². The fourth-order valence-electron chi connectivity index (χ4n) is 2.96. The van der Waals surface area contributed by atoms with Crippen LogP contribution < -0.4 is 5.73 Å². The Kier molecular flexibility index (Phi) is 4.05. The molecule has 2 atom stereocenters. The van der Waals surface area contributed by atoms with E-state index in [9.17, 15) is 0 Å². The summed E-state index contributed by atoms with van der Waals surface area (Å²) in [5, 5.41) is 0.746. The van der Waals surface area contributed by atoms with Gasteiger partial charge in [0.25, 0.3) is 0 Å². The second-order valence-electron chi connectivity index (χ2n) is 5.38. The molecule has 2 unspecified atom stereocenters. The molecule has 0 spiro atoms. The van der Waals surface area contributed by atoms with E-state index in [1.165, 1.54) is 19.3 Å². The van der Waals surface area contributed by atoms with Crippen LogP contribution >= 0.6 is 11.6 Å². The molecule has 0 aliphatic heterocycles. The number of hydrogen-bond acceptors (Lipinski definition) is 2. The Bertz CT molecular complexity index is 380. The van der Waals surface area contributed by atoms with Gasteiger partial charge in [0.15, 0.2) is 0 Å². The van der Waals surface area contributed by atoms with Crippen molar-refractivity contribution in [2.45, 2.75) is 51.0 Å². The quantitative estimate of drug-likeness (QED) is 0.893. The SMILES string of the molecule is CCC1CCCC(N)(Cc2ccncc2Cl)C1. The number of halogens is 1. The standard InChI is InChI=1S/C14H21ClN2/c1-2-11-4-3-6-14(16,8-11)9-12-5-7-17-10-13(12)15/h5,7,10-11H,2-4,6,8-9,16H2,1H3. The Labute approximate surface area is 109 Å². The highest BCUT2D eigenvalue weighted by Gasteiger charge is 2.32. The molecule has 1 heterocycles. The third-order valence-corrected chi connectivity index (χ3v) is 4.30. The zero-order chi connectivity index (χ0) is 12.3. The molecule has 2 rings (SSSR count). The number of rotatable bonds is 3. The van der Waals surface area contributed by atoms with Crippen molar-refractivity contribution in [3.63, 3.8) is 0 Å². The molecule has 0 bridgehead atoms. The molecule has 3 heteroatoms. The summed E-state index contributed by atoms with van der Waals surface area (Å²) in [5.74, 6) is 0.786. The maximum atomic E-state index is 6.55. The average molecular weight is 253 g/mol. The van der Waals surface area contributed by atoms with Gasteiger partial charge in [-0.15, -0.1) is 0 Å². The topological polar surface area (TPSA) is 38.9 Å². The summed E-state index contributed by atoms with van der Waals surface area (Å²) in [7, 11) is 0. The van der Waals surface area contributed by atoms with E-state index in [0.29, 0.717) is 0 Å². The van der Waals surface area contributed by atoms with Gasteiger partial charge in [-0.2, -0.15) is 0 Å².